The molecule has 3 rings (SSSR count). The molecule has 0 saturated carbocycles. The number of methoxy groups -OCH3 is 1. The number of benzene rings is 1. The number of Topliss-reactive ketones (excluding diaryl/α,β-unsaturated/α-hetero) is 1. The molecule has 2 aliphatic rings. The predicted octanol–water partition coefficient (Wildman–Crippen LogP) is 3.50. The first-order valence-electron chi connectivity index (χ1n) is 8.68. The Kier molecular flexibility index (Phi) is 5.79. The smallest absolute Gasteiger partial charge is 0.336 e. The van der Waals surface area contributed by atoms with Gasteiger partial charge in [0.1, 0.15) is 6.61 Å². The van der Waals surface area contributed by atoms with E-state index in [1.807, 2.05) is 19.1 Å². The molecular formula is C20H22ClNO4. The first-order chi connectivity index (χ1) is 12.5. The van der Waals surface area contributed by atoms with E-state index >= 15 is 0 Å². The molecule has 1 unspecified atom stereocenters. The summed E-state index contributed by atoms with van der Waals surface area (Å²) in [5.41, 5.74) is 3.54. The minimum Gasteiger partial charge on any atom is -0.460 e. The Labute approximate surface area is 158 Å². The number of allylic oxidation sites excluding steroid dienone is 3. The number of dihydropyridines is 1. The fourth-order valence-electron chi connectivity index (χ4n) is 3.57. The third kappa shape index (κ3) is 3.69. The highest BCUT2D eigenvalue weighted by molar-refractivity contribution is 6.30. The molecule has 1 heterocycles. The molecule has 0 bridgehead atoms. The third-order valence-electron chi connectivity index (χ3n) is 4.70. The lowest BCUT2D eigenvalue weighted by Crippen LogP contribution is -2.34. The summed E-state index contributed by atoms with van der Waals surface area (Å²) in [6.45, 7) is 2.32. The lowest BCUT2D eigenvalue weighted by molar-refractivity contribution is -0.140. The number of ether oxygens (including phenoxy) is 2. The van der Waals surface area contributed by atoms with Crippen molar-refractivity contribution in [2.75, 3.05) is 20.3 Å². The van der Waals surface area contributed by atoms with Crippen LogP contribution in [0.15, 0.2) is 46.8 Å². The zero-order chi connectivity index (χ0) is 18.7. The van der Waals surface area contributed by atoms with Gasteiger partial charge in [0, 0.05) is 41.4 Å². The number of halogens is 1. The van der Waals surface area contributed by atoms with Crippen LogP contribution in [0.25, 0.3) is 0 Å². The Balaban J connectivity index is 2.06. The van der Waals surface area contributed by atoms with E-state index in [2.05, 4.69) is 5.32 Å². The number of carbonyl (C=O) groups excluding carboxylic acids is 2. The molecule has 1 atom stereocenters. The summed E-state index contributed by atoms with van der Waals surface area (Å²) in [6, 6.07) is 7.30. The molecule has 1 aromatic carbocycles. The zero-order valence-corrected chi connectivity index (χ0v) is 15.7. The summed E-state index contributed by atoms with van der Waals surface area (Å²) < 4.78 is 10.3. The van der Waals surface area contributed by atoms with E-state index in [-0.39, 0.29) is 12.4 Å². The van der Waals surface area contributed by atoms with Crippen molar-refractivity contribution < 1.29 is 19.1 Å². The monoisotopic (exact) mass is 375 g/mol. The van der Waals surface area contributed by atoms with Crippen molar-refractivity contribution in [1.29, 1.82) is 0 Å². The molecule has 0 amide bonds. The van der Waals surface area contributed by atoms with Crippen LogP contribution in [0, 0.1) is 0 Å². The van der Waals surface area contributed by atoms with Crippen molar-refractivity contribution in [3.63, 3.8) is 0 Å². The van der Waals surface area contributed by atoms with Crippen LogP contribution in [-0.2, 0) is 19.1 Å². The number of esters is 1. The third-order valence-corrected chi connectivity index (χ3v) is 4.93. The topological polar surface area (TPSA) is 64.6 Å². The molecule has 1 aliphatic carbocycles. The predicted molar refractivity (Wildman–Crippen MR) is 98.7 cm³/mol. The molecule has 1 aliphatic heterocycles. The highest BCUT2D eigenvalue weighted by Gasteiger charge is 2.39. The standard InChI is InChI=1S/C20H22ClNO4/c1-12-17(20(24)26-10-9-25-2)18(13-5-3-6-14(21)11-13)19-15(22-12)7-4-8-16(19)23/h3,5-6,11,18,22H,4,7-10H2,1-2H3. The molecule has 0 fully saturated rings. The molecule has 0 radical (unpaired) electrons. The highest BCUT2D eigenvalue weighted by atomic mass is 35.5. The van der Waals surface area contributed by atoms with E-state index in [1.165, 1.54) is 0 Å². The SMILES string of the molecule is COCCOC(=O)C1=C(C)NC2=C(C(=O)CCC2)C1c1cccc(Cl)c1. The first-order valence-corrected chi connectivity index (χ1v) is 9.06. The summed E-state index contributed by atoms with van der Waals surface area (Å²) in [7, 11) is 1.55. The molecule has 5 nitrogen and oxygen atoms in total. The van der Waals surface area contributed by atoms with Crippen molar-refractivity contribution in [1.82, 2.24) is 5.32 Å². The maximum absolute atomic E-state index is 12.8. The van der Waals surface area contributed by atoms with E-state index in [0.717, 1.165) is 24.1 Å². The van der Waals surface area contributed by atoms with E-state index in [4.69, 9.17) is 21.1 Å². The van der Waals surface area contributed by atoms with Crippen LogP contribution in [0.1, 0.15) is 37.7 Å². The molecule has 0 saturated heterocycles. The second kappa shape index (κ2) is 8.06. The van der Waals surface area contributed by atoms with Gasteiger partial charge in [0.2, 0.25) is 0 Å². The maximum Gasteiger partial charge on any atom is 0.336 e. The molecule has 0 spiro atoms. The Morgan fingerprint density at radius 3 is 2.85 bits per heavy atom. The van der Waals surface area contributed by atoms with E-state index < -0.39 is 11.9 Å². The van der Waals surface area contributed by atoms with Crippen molar-refractivity contribution in [3.05, 3.63) is 57.4 Å². The molecule has 1 N–H and O–H groups in total. The fourth-order valence-corrected chi connectivity index (χ4v) is 3.77. The zero-order valence-electron chi connectivity index (χ0n) is 14.9. The van der Waals surface area contributed by atoms with Crippen LogP contribution in [-0.4, -0.2) is 32.1 Å². The highest BCUT2D eigenvalue weighted by Crippen LogP contribution is 2.42. The second-order valence-electron chi connectivity index (χ2n) is 6.45. The average Bonchev–Trinajstić information content (AvgIpc) is 2.61. The van der Waals surface area contributed by atoms with Crippen molar-refractivity contribution in [2.24, 2.45) is 0 Å². The van der Waals surface area contributed by atoms with Crippen LogP contribution in [0.5, 0.6) is 0 Å². The summed E-state index contributed by atoms with van der Waals surface area (Å²) in [4.78, 5) is 25.5. The van der Waals surface area contributed by atoms with Crippen molar-refractivity contribution >= 4 is 23.4 Å². The average molecular weight is 376 g/mol. The van der Waals surface area contributed by atoms with Gasteiger partial charge in [-0.05, 0) is 37.5 Å². The molecule has 138 valence electrons. The lowest BCUT2D eigenvalue weighted by Gasteiger charge is -2.34. The second-order valence-corrected chi connectivity index (χ2v) is 6.89. The Morgan fingerprint density at radius 1 is 1.31 bits per heavy atom. The van der Waals surface area contributed by atoms with Crippen LogP contribution in [0.3, 0.4) is 0 Å². The van der Waals surface area contributed by atoms with Crippen LogP contribution in [0.4, 0.5) is 0 Å². The van der Waals surface area contributed by atoms with Gasteiger partial charge in [0.25, 0.3) is 0 Å². The Bertz CT molecular complexity index is 797. The van der Waals surface area contributed by atoms with E-state index in [0.29, 0.717) is 34.9 Å². The molecule has 26 heavy (non-hydrogen) atoms. The lowest BCUT2D eigenvalue weighted by atomic mass is 9.75. The molecular weight excluding hydrogens is 354 g/mol. The van der Waals surface area contributed by atoms with Crippen LogP contribution >= 0.6 is 11.6 Å². The normalized spacial score (nSPS) is 20.0. The fraction of sp³-hybridized carbons (Fsp3) is 0.400. The Morgan fingerprint density at radius 2 is 2.12 bits per heavy atom. The first kappa shape index (κ1) is 18.7. The largest absolute Gasteiger partial charge is 0.460 e. The van der Waals surface area contributed by atoms with Gasteiger partial charge in [-0.15, -0.1) is 0 Å². The van der Waals surface area contributed by atoms with Gasteiger partial charge in [0.15, 0.2) is 5.78 Å². The van der Waals surface area contributed by atoms with Crippen LogP contribution in [0.2, 0.25) is 5.02 Å². The molecule has 1 aromatic rings. The Hall–Kier alpha value is -2.11. The van der Waals surface area contributed by atoms with Gasteiger partial charge in [-0.1, -0.05) is 23.7 Å². The van der Waals surface area contributed by atoms with Gasteiger partial charge >= 0.3 is 5.97 Å². The number of hydrogen-bond donors (Lipinski definition) is 1. The van der Waals surface area contributed by atoms with Gasteiger partial charge in [-0.3, -0.25) is 4.79 Å². The minimum absolute atomic E-state index is 0.0680. The minimum atomic E-state index is -0.465. The van der Waals surface area contributed by atoms with Gasteiger partial charge in [0.05, 0.1) is 12.2 Å². The summed E-state index contributed by atoms with van der Waals surface area (Å²) in [5, 5.41) is 3.82. The summed E-state index contributed by atoms with van der Waals surface area (Å²) >= 11 is 6.18. The van der Waals surface area contributed by atoms with Gasteiger partial charge in [-0.2, -0.15) is 0 Å². The van der Waals surface area contributed by atoms with Crippen molar-refractivity contribution in [3.8, 4) is 0 Å². The van der Waals surface area contributed by atoms with Gasteiger partial charge < -0.3 is 14.8 Å². The molecule has 6 heteroatoms. The summed E-state index contributed by atoms with van der Waals surface area (Å²) in [6.07, 6.45) is 2.10. The van der Waals surface area contributed by atoms with Crippen LogP contribution < -0.4 is 5.32 Å². The number of rotatable bonds is 5. The molecule has 0 aromatic heterocycles. The number of carbonyl (C=O) groups is 2. The number of nitrogens with one attached hydrogen (secondary N) is 1. The maximum atomic E-state index is 12.8. The summed E-state index contributed by atoms with van der Waals surface area (Å²) in [5.74, 6) is -0.840. The number of hydrogen-bond acceptors (Lipinski definition) is 5. The van der Waals surface area contributed by atoms with Crippen molar-refractivity contribution in [2.45, 2.75) is 32.1 Å². The van der Waals surface area contributed by atoms with Gasteiger partial charge in [-0.25, -0.2) is 4.79 Å². The quantitative estimate of drug-likeness (QED) is 0.630. The van der Waals surface area contributed by atoms with E-state index in [1.54, 1.807) is 19.2 Å². The number of ketones is 1. The van der Waals surface area contributed by atoms with E-state index in [9.17, 15) is 9.59 Å².